The third-order valence-electron chi connectivity index (χ3n) is 2.69. The lowest BCUT2D eigenvalue weighted by molar-refractivity contribution is 0.413. The molecule has 2 aromatic carbocycles. The first-order valence-electron chi connectivity index (χ1n) is 6.11. The second kappa shape index (κ2) is 6.92. The average molecular weight is 268 g/mol. The highest BCUT2D eigenvalue weighted by atomic mass is 32.2. The quantitative estimate of drug-likeness (QED) is 0.602. The van der Waals surface area contributed by atoms with Gasteiger partial charge >= 0.3 is 0 Å². The summed E-state index contributed by atoms with van der Waals surface area (Å²) in [5, 5.41) is 0. The van der Waals surface area contributed by atoms with Crippen molar-refractivity contribution in [1.82, 2.24) is 0 Å². The summed E-state index contributed by atoms with van der Waals surface area (Å²) in [4.78, 5) is 1.16. The zero-order chi connectivity index (χ0) is 13.5. The molecule has 2 rings (SSSR count). The maximum atomic E-state index is 5.28. The van der Waals surface area contributed by atoms with Gasteiger partial charge in [-0.05, 0) is 30.7 Å². The predicted octanol–water partition coefficient (Wildman–Crippen LogP) is 4.36. The highest BCUT2D eigenvalue weighted by Crippen LogP contribution is 2.29. The van der Waals surface area contributed by atoms with Gasteiger partial charge in [-0.3, -0.25) is 0 Å². The Hall–Kier alpha value is -1.85. The van der Waals surface area contributed by atoms with E-state index < -0.39 is 0 Å². The first-order valence-corrected chi connectivity index (χ1v) is 7.09. The summed E-state index contributed by atoms with van der Waals surface area (Å²) in [6, 6.07) is 16.5. The minimum atomic E-state index is 0.872. The largest absolute Gasteiger partial charge is 0.497 e. The molecule has 0 saturated heterocycles. The molecular weight excluding hydrogens is 252 g/mol. The average Bonchev–Trinajstić information content (AvgIpc) is 2.47. The Bertz CT molecular complexity index is 594. The molecule has 2 heteroatoms. The Labute approximate surface area is 119 Å². The van der Waals surface area contributed by atoms with Gasteiger partial charge in [-0.25, -0.2) is 0 Å². The molecule has 0 amide bonds. The van der Waals surface area contributed by atoms with Crippen molar-refractivity contribution in [3.8, 4) is 17.6 Å². The summed E-state index contributed by atoms with van der Waals surface area (Å²) >= 11 is 1.79. The summed E-state index contributed by atoms with van der Waals surface area (Å²) in [5.74, 6) is 7.90. The molecule has 96 valence electrons. The highest BCUT2D eigenvalue weighted by molar-refractivity contribution is 7.98. The molecule has 0 aliphatic carbocycles. The second-order valence-corrected chi connectivity index (χ2v) is 5.03. The lowest BCUT2D eigenvalue weighted by Gasteiger charge is -2.07. The van der Waals surface area contributed by atoms with E-state index in [0.717, 1.165) is 22.0 Å². The highest BCUT2D eigenvalue weighted by Gasteiger charge is 2.04. The fourth-order valence-corrected chi connectivity index (χ4v) is 2.71. The van der Waals surface area contributed by atoms with Gasteiger partial charge in [0.05, 0.1) is 7.11 Å². The zero-order valence-electron chi connectivity index (χ0n) is 11.1. The first-order chi connectivity index (χ1) is 9.33. The molecule has 19 heavy (non-hydrogen) atoms. The standard InChI is InChI=1S/C17H16OS/c1-3-7-15-10-11-16(18-2)12-17(15)19-13-14-8-5-4-6-9-14/h4-6,8-12H,13H2,1-2H3. The molecule has 0 bridgehead atoms. The molecule has 0 unspecified atom stereocenters. The van der Waals surface area contributed by atoms with Crippen LogP contribution >= 0.6 is 11.8 Å². The maximum absolute atomic E-state index is 5.28. The van der Waals surface area contributed by atoms with E-state index in [1.54, 1.807) is 18.9 Å². The number of ether oxygens (including phenoxy) is 1. The van der Waals surface area contributed by atoms with Crippen LogP contribution in [0.4, 0.5) is 0 Å². The van der Waals surface area contributed by atoms with Gasteiger partial charge in [0.15, 0.2) is 0 Å². The van der Waals surface area contributed by atoms with Crippen LogP contribution in [0.3, 0.4) is 0 Å². The summed E-state index contributed by atoms with van der Waals surface area (Å²) in [5.41, 5.74) is 2.37. The van der Waals surface area contributed by atoms with E-state index >= 15 is 0 Å². The Morgan fingerprint density at radius 2 is 1.89 bits per heavy atom. The van der Waals surface area contributed by atoms with Gasteiger partial charge in [-0.1, -0.05) is 36.3 Å². The van der Waals surface area contributed by atoms with Gasteiger partial charge < -0.3 is 4.74 Å². The molecule has 0 aliphatic rings. The molecule has 0 N–H and O–H groups in total. The number of rotatable bonds is 4. The molecule has 0 radical (unpaired) electrons. The molecule has 0 aromatic heterocycles. The van der Waals surface area contributed by atoms with E-state index in [2.05, 4.69) is 36.1 Å². The molecule has 0 saturated carbocycles. The Kier molecular flexibility index (Phi) is 4.94. The van der Waals surface area contributed by atoms with Crippen LogP contribution < -0.4 is 4.74 Å². The third-order valence-corrected chi connectivity index (χ3v) is 3.81. The van der Waals surface area contributed by atoms with Crippen LogP contribution in [0.15, 0.2) is 53.4 Å². The lowest BCUT2D eigenvalue weighted by Crippen LogP contribution is -1.88. The first kappa shape index (κ1) is 13.6. The van der Waals surface area contributed by atoms with E-state index in [1.165, 1.54) is 5.56 Å². The second-order valence-electron chi connectivity index (χ2n) is 4.01. The van der Waals surface area contributed by atoms with Gasteiger partial charge in [-0.2, -0.15) is 0 Å². The number of methoxy groups -OCH3 is 1. The summed E-state index contributed by atoms with van der Waals surface area (Å²) in [7, 11) is 1.69. The monoisotopic (exact) mass is 268 g/mol. The van der Waals surface area contributed by atoms with Crippen molar-refractivity contribution < 1.29 is 4.74 Å². The predicted molar refractivity (Wildman–Crippen MR) is 81.5 cm³/mol. The number of benzene rings is 2. The molecule has 0 aliphatic heterocycles. The fraction of sp³-hybridized carbons (Fsp3) is 0.176. The van der Waals surface area contributed by atoms with Crippen molar-refractivity contribution in [3.63, 3.8) is 0 Å². The SMILES string of the molecule is CC#Cc1ccc(OC)cc1SCc1ccccc1. The summed E-state index contributed by atoms with van der Waals surface area (Å²) < 4.78 is 5.28. The minimum absolute atomic E-state index is 0.872. The normalized spacial score (nSPS) is 9.58. The van der Waals surface area contributed by atoms with Crippen molar-refractivity contribution in [1.29, 1.82) is 0 Å². The molecule has 0 heterocycles. The van der Waals surface area contributed by atoms with Crippen molar-refractivity contribution in [2.24, 2.45) is 0 Å². The van der Waals surface area contributed by atoms with Gasteiger partial charge in [0.1, 0.15) is 5.75 Å². The van der Waals surface area contributed by atoms with E-state index in [-0.39, 0.29) is 0 Å². The van der Waals surface area contributed by atoms with Crippen LogP contribution in [0, 0.1) is 11.8 Å². The number of thioether (sulfide) groups is 1. The fourth-order valence-electron chi connectivity index (χ4n) is 1.72. The maximum Gasteiger partial charge on any atom is 0.120 e. The Morgan fingerprint density at radius 3 is 2.58 bits per heavy atom. The smallest absolute Gasteiger partial charge is 0.120 e. The van der Waals surface area contributed by atoms with Crippen molar-refractivity contribution in [2.75, 3.05) is 7.11 Å². The van der Waals surface area contributed by atoms with Crippen LogP contribution in [0.25, 0.3) is 0 Å². The van der Waals surface area contributed by atoms with Crippen LogP contribution in [0.5, 0.6) is 5.75 Å². The molecule has 2 aromatic rings. The van der Waals surface area contributed by atoms with Gasteiger partial charge in [-0.15, -0.1) is 17.7 Å². The lowest BCUT2D eigenvalue weighted by atomic mass is 10.2. The van der Waals surface area contributed by atoms with Crippen molar-refractivity contribution in [3.05, 3.63) is 59.7 Å². The van der Waals surface area contributed by atoms with E-state index in [0.29, 0.717) is 0 Å². The van der Waals surface area contributed by atoms with E-state index in [1.807, 2.05) is 31.2 Å². The van der Waals surface area contributed by atoms with Gasteiger partial charge in [0.2, 0.25) is 0 Å². The minimum Gasteiger partial charge on any atom is -0.497 e. The van der Waals surface area contributed by atoms with Gasteiger partial charge in [0, 0.05) is 16.2 Å². The molecule has 0 atom stereocenters. The van der Waals surface area contributed by atoms with Crippen LogP contribution in [0.1, 0.15) is 18.1 Å². The third kappa shape index (κ3) is 3.81. The molecule has 0 fully saturated rings. The van der Waals surface area contributed by atoms with Crippen LogP contribution in [0.2, 0.25) is 0 Å². The number of hydrogen-bond donors (Lipinski definition) is 0. The van der Waals surface area contributed by atoms with E-state index in [4.69, 9.17) is 4.74 Å². The molecule has 0 spiro atoms. The zero-order valence-corrected chi connectivity index (χ0v) is 12.0. The Balaban J connectivity index is 2.19. The topological polar surface area (TPSA) is 9.23 Å². The van der Waals surface area contributed by atoms with Crippen molar-refractivity contribution >= 4 is 11.8 Å². The summed E-state index contributed by atoms with van der Waals surface area (Å²) in [6.07, 6.45) is 0. The van der Waals surface area contributed by atoms with Crippen LogP contribution in [-0.4, -0.2) is 7.11 Å². The molecule has 1 nitrogen and oxygen atoms in total. The molecular formula is C17H16OS. The van der Waals surface area contributed by atoms with E-state index in [9.17, 15) is 0 Å². The van der Waals surface area contributed by atoms with Crippen molar-refractivity contribution in [2.45, 2.75) is 17.6 Å². The van der Waals surface area contributed by atoms with Gasteiger partial charge in [0.25, 0.3) is 0 Å². The number of hydrogen-bond acceptors (Lipinski definition) is 2. The summed E-state index contributed by atoms with van der Waals surface area (Å²) in [6.45, 7) is 1.86. The Morgan fingerprint density at radius 1 is 1.11 bits per heavy atom. The van der Waals surface area contributed by atoms with Crippen LogP contribution in [-0.2, 0) is 5.75 Å².